The molecule has 1 unspecified atom stereocenters. The first-order valence-electron chi connectivity index (χ1n) is 5.79. The van der Waals surface area contributed by atoms with Gasteiger partial charge in [0, 0.05) is 12.0 Å². The third-order valence-electron chi connectivity index (χ3n) is 3.42. The van der Waals surface area contributed by atoms with Crippen LogP contribution in [-0.2, 0) is 6.42 Å². The van der Waals surface area contributed by atoms with Gasteiger partial charge in [0.05, 0.1) is 6.10 Å². The standard InChI is InChI=1S/C13H16F2O/c14-11-6-3-7-12(15)10(11)8-13(16)9-4-1-2-5-9/h3,6-7,9,13,16H,1-2,4-5,8H2. The fraction of sp³-hybridized carbons (Fsp3) is 0.538. The van der Waals surface area contributed by atoms with E-state index in [1.54, 1.807) is 0 Å². The lowest BCUT2D eigenvalue weighted by Gasteiger charge is -2.18. The molecule has 0 aliphatic heterocycles. The van der Waals surface area contributed by atoms with Crippen LogP contribution in [0.2, 0.25) is 0 Å². The number of hydrogen-bond donors (Lipinski definition) is 1. The van der Waals surface area contributed by atoms with Crippen LogP contribution in [0.1, 0.15) is 31.2 Å². The third-order valence-corrected chi connectivity index (χ3v) is 3.42. The molecule has 1 atom stereocenters. The zero-order chi connectivity index (χ0) is 11.5. The lowest BCUT2D eigenvalue weighted by Crippen LogP contribution is -2.21. The van der Waals surface area contributed by atoms with Gasteiger partial charge >= 0.3 is 0 Å². The Bertz CT molecular complexity index is 339. The summed E-state index contributed by atoms with van der Waals surface area (Å²) < 4.78 is 26.7. The molecule has 88 valence electrons. The van der Waals surface area contributed by atoms with E-state index in [9.17, 15) is 13.9 Å². The van der Waals surface area contributed by atoms with Crippen molar-refractivity contribution in [1.29, 1.82) is 0 Å². The first kappa shape index (κ1) is 11.5. The van der Waals surface area contributed by atoms with Crippen LogP contribution in [0.4, 0.5) is 8.78 Å². The summed E-state index contributed by atoms with van der Waals surface area (Å²) in [7, 11) is 0. The molecule has 1 fully saturated rings. The van der Waals surface area contributed by atoms with E-state index in [1.165, 1.54) is 18.2 Å². The van der Waals surface area contributed by atoms with Gasteiger partial charge in [-0.25, -0.2) is 8.78 Å². The fourth-order valence-corrected chi connectivity index (χ4v) is 2.45. The molecular weight excluding hydrogens is 210 g/mol. The highest BCUT2D eigenvalue weighted by Gasteiger charge is 2.25. The van der Waals surface area contributed by atoms with Crippen LogP contribution in [0.15, 0.2) is 18.2 Å². The van der Waals surface area contributed by atoms with Gasteiger partial charge in [0.2, 0.25) is 0 Å². The Kier molecular flexibility index (Phi) is 3.54. The summed E-state index contributed by atoms with van der Waals surface area (Å²) in [4.78, 5) is 0. The predicted molar refractivity (Wildman–Crippen MR) is 58.0 cm³/mol. The summed E-state index contributed by atoms with van der Waals surface area (Å²) in [5, 5.41) is 9.92. The van der Waals surface area contributed by atoms with E-state index >= 15 is 0 Å². The molecule has 1 aromatic carbocycles. The molecular formula is C13H16F2O. The Morgan fingerprint density at radius 2 is 1.75 bits per heavy atom. The Labute approximate surface area is 94.1 Å². The molecule has 3 heteroatoms. The number of halogens is 2. The van der Waals surface area contributed by atoms with Gasteiger partial charge in [-0.15, -0.1) is 0 Å². The Balaban J connectivity index is 2.07. The lowest BCUT2D eigenvalue weighted by atomic mass is 9.94. The minimum atomic E-state index is -0.617. The van der Waals surface area contributed by atoms with E-state index in [2.05, 4.69) is 0 Å². The molecule has 1 N–H and O–H groups in total. The van der Waals surface area contributed by atoms with E-state index < -0.39 is 17.7 Å². The molecule has 0 spiro atoms. The Morgan fingerprint density at radius 1 is 1.19 bits per heavy atom. The maximum Gasteiger partial charge on any atom is 0.129 e. The van der Waals surface area contributed by atoms with E-state index in [4.69, 9.17) is 0 Å². The fourth-order valence-electron chi connectivity index (χ4n) is 2.45. The van der Waals surface area contributed by atoms with Crippen LogP contribution < -0.4 is 0 Å². The van der Waals surface area contributed by atoms with Gasteiger partial charge in [-0.3, -0.25) is 0 Å². The first-order chi connectivity index (χ1) is 7.68. The van der Waals surface area contributed by atoms with Crippen molar-refractivity contribution in [3.05, 3.63) is 35.4 Å². The Morgan fingerprint density at radius 3 is 2.31 bits per heavy atom. The average molecular weight is 226 g/mol. The Hall–Kier alpha value is -0.960. The quantitative estimate of drug-likeness (QED) is 0.839. The maximum absolute atomic E-state index is 13.3. The van der Waals surface area contributed by atoms with Gasteiger partial charge in [0.25, 0.3) is 0 Å². The van der Waals surface area contributed by atoms with Gasteiger partial charge in [-0.1, -0.05) is 18.9 Å². The van der Waals surface area contributed by atoms with Crippen molar-refractivity contribution in [1.82, 2.24) is 0 Å². The number of aliphatic hydroxyl groups excluding tert-OH is 1. The summed E-state index contributed by atoms with van der Waals surface area (Å²) in [5.74, 6) is -0.909. The minimum absolute atomic E-state index is 0.0156. The van der Waals surface area contributed by atoms with Crippen LogP contribution >= 0.6 is 0 Å². The zero-order valence-corrected chi connectivity index (χ0v) is 9.13. The highest BCUT2D eigenvalue weighted by Crippen LogP contribution is 2.29. The van der Waals surface area contributed by atoms with Crippen LogP contribution in [0.5, 0.6) is 0 Å². The van der Waals surface area contributed by atoms with E-state index in [-0.39, 0.29) is 17.9 Å². The van der Waals surface area contributed by atoms with Crippen LogP contribution in [0.25, 0.3) is 0 Å². The molecule has 1 aliphatic carbocycles. The SMILES string of the molecule is OC(Cc1c(F)cccc1F)C1CCCC1. The molecule has 1 aromatic rings. The molecule has 1 saturated carbocycles. The summed E-state index contributed by atoms with van der Waals surface area (Å²) >= 11 is 0. The van der Waals surface area contributed by atoms with Crippen molar-refractivity contribution in [2.75, 3.05) is 0 Å². The number of rotatable bonds is 3. The summed E-state index contributed by atoms with van der Waals surface area (Å²) in [6.07, 6.45) is 3.63. The second-order valence-electron chi connectivity index (χ2n) is 4.52. The van der Waals surface area contributed by atoms with E-state index in [0.717, 1.165) is 25.7 Å². The van der Waals surface area contributed by atoms with Crippen molar-refractivity contribution in [3.8, 4) is 0 Å². The molecule has 1 nitrogen and oxygen atoms in total. The second-order valence-corrected chi connectivity index (χ2v) is 4.52. The van der Waals surface area contributed by atoms with Crippen molar-refractivity contribution < 1.29 is 13.9 Å². The molecule has 0 saturated heterocycles. The number of aliphatic hydroxyl groups is 1. The molecule has 0 heterocycles. The first-order valence-corrected chi connectivity index (χ1v) is 5.79. The van der Waals surface area contributed by atoms with Crippen LogP contribution in [0, 0.1) is 17.6 Å². The summed E-state index contributed by atoms with van der Waals surface area (Å²) in [5.41, 5.74) is 0.0156. The highest BCUT2D eigenvalue weighted by atomic mass is 19.1. The van der Waals surface area contributed by atoms with Crippen LogP contribution in [0.3, 0.4) is 0 Å². The molecule has 0 bridgehead atoms. The van der Waals surface area contributed by atoms with Gasteiger partial charge in [0.1, 0.15) is 11.6 Å². The third kappa shape index (κ3) is 2.40. The largest absolute Gasteiger partial charge is 0.392 e. The monoisotopic (exact) mass is 226 g/mol. The average Bonchev–Trinajstić information content (AvgIpc) is 2.76. The van der Waals surface area contributed by atoms with Gasteiger partial charge in [-0.05, 0) is 30.9 Å². The van der Waals surface area contributed by atoms with Crippen molar-refractivity contribution in [3.63, 3.8) is 0 Å². The van der Waals surface area contributed by atoms with Crippen molar-refractivity contribution in [2.45, 2.75) is 38.2 Å². The molecule has 16 heavy (non-hydrogen) atoms. The van der Waals surface area contributed by atoms with Gasteiger partial charge in [-0.2, -0.15) is 0 Å². The molecule has 0 aromatic heterocycles. The van der Waals surface area contributed by atoms with Crippen molar-refractivity contribution in [2.24, 2.45) is 5.92 Å². The van der Waals surface area contributed by atoms with Crippen LogP contribution in [-0.4, -0.2) is 11.2 Å². The summed E-state index contributed by atoms with van der Waals surface area (Å²) in [6.45, 7) is 0. The van der Waals surface area contributed by atoms with E-state index in [0.29, 0.717) is 0 Å². The van der Waals surface area contributed by atoms with Crippen molar-refractivity contribution >= 4 is 0 Å². The second kappa shape index (κ2) is 4.91. The normalized spacial score (nSPS) is 18.9. The van der Waals surface area contributed by atoms with E-state index in [1.807, 2.05) is 0 Å². The maximum atomic E-state index is 13.3. The zero-order valence-electron chi connectivity index (χ0n) is 9.13. The highest BCUT2D eigenvalue weighted by molar-refractivity contribution is 5.20. The number of benzene rings is 1. The van der Waals surface area contributed by atoms with Gasteiger partial charge in [0.15, 0.2) is 0 Å². The topological polar surface area (TPSA) is 20.2 Å². The smallest absolute Gasteiger partial charge is 0.129 e. The lowest BCUT2D eigenvalue weighted by molar-refractivity contribution is 0.109. The van der Waals surface area contributed by atoms with Gasteiger partial charge < -0.3 is 5.11 Å². The molecule has 1 aliphatic rings. The molecule has 2 rings (SSSR count). The minimum Gasteiger partial charge on any atom is -0.392 e. The predicted octanol–water partition coefficient (Wildman–Crippen LogP) is 3.06. The molecule has 0 amide bonds. The molecule has 0 radical (unpaired) electrons. The summed E-state index contributed by atoms with van der Waals surface area (Å²) in [6, 6.07) is 3.82. The number of hydrogen-bond acceptors (Lipinski definition) is 1.